The summed E-state index contributed by atoms with van der Waals surface area (Å²) in [5.41, 5.74) is 5.54. The van der Waals surface area contributed by atoms with Crippen LogP contribution in [0.5, 0.6) is 0 Å². The van der Waals surface area contributed by atoms with E-state index in [4.69, 9.17) is 5.73 Å². The van der Waals surface area contributed by atoms with E-state index in [9.17, 15) is 9.59 Å². The topological polar surface area (TPSA) is 84.2 Å². The minimum atomic E-state index is -0.530. The van der Waals surface area contributed by atoms with E-state index in [0.717, 1.165) is 32.2 Å². The van der Waals surface area contributed by atoms with Crippen molar-refractivity contribution in [2.45, 2.75) is 44.7 Å². The van der Waals surface area contributed by atoms with Gasteiger partial charge in [-0.25, -0.2) is 0 Å². The summed E-state index contributed by atoms with van der Waals surface area (Å²) in [6.07, 6.45) is 4.67. The third kappa shape index (κ3) is 9.00. The lowest BCUT2D eigenvalue weighted by Crippen LogP contribution is -2.45. The minimum absolute atomic E-state index is 0.132. The van der Waals surface area contributed by atoms with Crippen LogP contribution in [0.1, 0.15) is 32.6 Å². The molecule has 2 atom stereocenters. The van der Waals surface area contributed by atoms with Gasteiger partial charge < -0.3 is 16.4 Å². The summed E-state index contributed by atoms with van der Waals surface area (Å²) >= 11 is 3.97. The number of hydrogen-bond acceptors (Lipinski definition) is 4. The third-order valence-corrected chi connectivity index (χ3v) is 2.86. The van der Waals surface area contributed by atoms with Crippen molar-refractivity contribution in [3.05, 3.63) is 0 Å². The highest BCUT2D eigenvalue weighted by molar-refractivity contribution is 7.80. The Morgan fingerprint density at radius 1 is 1.41 bits per heavy atom. The van der Waals surface area contributed by atoms with Gasteiger partial charge in [-0.15, -0.1) is 0 Å². The second-order valence-electron chi connectivity index (χ2n) is 4.12. The van der Waals surface area contributed by atoms with Crippen LogP contribution in [0.3, 0.4) is 0 Å². The van der Waals surface area contributed by atoms with Crippen molar-refractivity contribution in [2.75, 3.05) is 12.3 Å². The zero-order valence-electron chi connectivity index (χ0n) is 10.3. The highest BCUT2D eigenvalue weighted by atomic mass is 32.1. The van der Waals surface area contributed by atoms with Gasteiger partial charge in [0.15, 0.2) is 0 Å². The number of amides is 2. The van der Waals surface area contributed by atoms with E-state index in [1.807, 2.05) is 6.92 Å². The first-order valence-electron chi connectivity index (χ1n) is 5.95. The van der Waals surface area contributed by atoms with Crippen molar-refractivity contribution in [1.29, 1.82) is 0 Å². The van der Waals surface area contributed by atoms with Gasteiger partial charge in [-0.05, 0) is 19.8 Å². The van der Waals surface area contributed by atoms with E-state index in [1.165, 1.54) is 0 Å². The molecule has 0 heterocycles. The fraction of sp³-hybridized carbons (Fsp3) is 0.818. The zero-order valence-corrected chi connectivity index (χ0v) is 11.2. The third-order valence-electron chi connectivity index (χ3n) is 2.46. The highest BCUT2D eigenvalue weighted by Crippen LogP contribution is 2.03. The van der Waals surface area contributed by atoms with E-state index < -0.39 is 6.04 Å². The number of carbonyl (C=O) groups excluding carboxylic acids is 2. The second-order valence-corrected chi connectivity index (χ2v) is 4.49. The summed E-state index contributed by atoms with van der Waals surface area (Å²) in [7, 11) is 0. The molecule has 0 saturated carbocycles. The van der Waals surface area contributed by atoms with Crippen LogP contribution in [0.2, 0.25) is 0 Å². The predicted molar refractivity (Wildman–Crippen MR) is 72.0 cm³/mol. The maximum absolute atomic E-state index is 11.4. The molecule has 0 aromatic carbocycles. The molecule has 0 saturated heterocycles. The van der Waals surface area contributed by atoms with Crippen molar-refractivity contribution in [3.8, 4) is 0 Å². The minimum Gasteiger partial charge on any atom is -0.359 e. The summed E-state index contributed by atoms with van der Waals surface area (Å²) in [4.78, 5) is 21.4. The van der Waals surface area contributed by atoms with Crippen molar-refractivity contribution in [1.82, 2.24) is 10.6 Å². The quantitative estimate of drug-likeness (QED) is 0.255. The smallest absolute Gasteiger partial charge is 0.237 e. The SMILES string of the molecule is CC(CCCCCNC=O)NC(=O)C(N)CS. The number of nitrogens with one attached hydrogen (secondary N) is 2. The van der Waals surface area contributed by atoms with E-state index >= 15 is 0 Å². The van der Waals surface area contributed by atoms with Crippen molar-refractivity contribution < 1.29 is 9.59 Å². The van der Waals surface area contributed by atoms with E-state index in [2.05, 4.69) is 23.3 Å². The summed E-state index contributed by atoms with van der Waals surface area (Å²) in [6.45, 7) is 2.68. The molecule has 0 aliphatic carbocycles. The average molecular weight is 261 g/mol. The Morgan fingerprint density at radius 3 is 2.71 bits per heavy atom. The van der Waals surface area contributed by atoms with Gasteiger partial charge in [-0.3, -0.25) is 9.59 Å². The van der Waals surface area contributed by atoms with Gasteiger partial charge in [0.1, 0.15) is 0 Å². The number of hydrogen-bond donors (Lipinski definition) is 4. The van der Waals surface area contributed by atoms with Gasteiger partial charge in [0.25, 0.3) is 0 Å². The van der Waals surface area contributed by atoms with Gasteiger partial charge in [0.2, 0.25) is 12.3 Å². The predicted octanol–water partition coefficient (Wildman–Crippen LogP) is 0.0546. The first kappa shape index (κ1) is 16.2. The molecule has 6 heteroatoms. The molecule has 0 fully saturated rings. The molecule has 0 aromatic rings. The van der Waals surface area contributed by atoms with Crippen molar-refractivity contribution in [2.24, 2.45) is 5.73 Å². The zero-order chi connectivity index (χ0) is 13.1. The lowest BCUT2D eigenvalue weighted by atomic mass is 10.1. The molecule has 0 aromatic heterocycles. The monoisotopic (exact) mass is 261 g/mol. The molecule has 100 valence electrons. The number of nitrogens with two attached hydrogens (primary N) is 1. The largest absolute Gasteiger partial charge is 0.359 e. The maximum Gasteiger partial charge on any atom is 0.237 e. The van der Waals surface area contributed by atoms with Crippen LogP contribution in [-0.4, -0.2) is 36.7 Å². The first-order valence-corrected chi connectivity index (χ1v) is 6.59. The van der Waals surface area contributed by atoms with Gasteiger partial charge >= 0.3 is 0 Å². The summed E-state index contributed by atoms with van der Waals surface area (Å²) in [5, 5.41) is 5.46. The molecule has 5 nitrogen and oxygen atoms in total. The second kappa shape index (κ2) is 10.4. The molecule has 0 radical (unpaired) electrons. The van der Waals surface area contributed by atoms with Crippen LogP contribution in [0.15, 0.2) is 0 Å². The Bertz CT molecular complexity index is 227. The lowest BCUT2D eigenvalue weighted by Gasteiger charge is -2.16. The van der Waals surface area contributed by atoms with Crippen molar-refractivity contribution >= 4 is 24.9 Å². The Labute approximate surface area is 108 Å². The molecule has 0 aliphatic heterocycles. The van der Waals surface area contributed by atoms with Crippen LogP contribution in [0.4, 0.5) is 0 Å². The van der Waals surface area contributed by atoms with Crippen LogP contribution >= 0.6 is 12.6 Å². The summed E-state index contributed by atoms with van der Waals surface area (Å²) < 4.78 is 0. The van der Waals surface area contributed by atoms with Crippen LogP contribution in [0.25, 0.3) is 0 Å². The molecule has 2 amide bonds. The summed E-state index contributed by atoms with van der Waals surface area (Å²) in [6, 6.07) is -0.398. The molecule has 0 bridgehead atoms. The molecule has 0 rings (SSSR count). The number of unbranched alkanes of at least 4 members (excludes halogenated alkanes) is 2. The maximum atomic E-state index is 11.4. The molecular formula is C11H23N3O2S. The fourth-order valence-corrected chi connectivity index (χ4v) is 1.58. The highest BCUT2D eigenvalue weighted by Gasteiger charge is 2.13. The normalized spacial score (nSPS) is 13.8. The van der Waals surface area contributed by atoms with Gasteiger partial charge in [-0.1, -0.05) is 12.8 Å². The molecule has 0 aliphatic rings. The van der Waals surface area contributed by atoms with E-state index in [-0.39, 0.29) is 11.9 Å². The van der Waals surface area contributed by atoms with Crippen molar-refractivity contribution in [3.63, 3.8) is 0 Å². The van der Waals surface area contributed by atoms with Crippen LogP contribution in [0, 0.1) is 0 Å². The fourth-order valence-electron chi connectivity index (χ4n) is 1.42. The molecule has 4 N–H and O–H groups in total. The van der Waals surface area contributed by atoms with Gasteiger partial charge in [-0.2, -0.15) is 12.6 Å². The van der Waals surface area contributed by atoms with Crippen LogP contribution in [-0.2, 0) is 9.59 Å². The molecule has 0 spiro atoms. The number of thiol groups is 1. The number of rotatable bonds is 10. The number of carbonyl (C=O) groups is 2. The first-order chi connectivity index (χ1) is 8.11. The van der Waals surface area contributed by atoms with E-state index in [0.29, 0.717) is 12.2 Å². The Hall–Kier alpha value is -0.750. The Balaban J connectivity index is 3.49. The van der Waals surface area contributed by atoms with Crippen LogP contribution < -0.4 is 16.4 Å². The standard InChI is InChI=1S/C11H23N3O2S/c1-9(14-11(16)10(12)7-17)5-3-2-4-6-13-8-15/h8-10,17H,2-7,12H2,1H3,(H,13,15)(H,14,16). The Morgan fingerprint density at radius 2 is 2.12 bits per heavy atom. The average Bonchev–Trinajstić information content (AvgIpc) is 2.32. The lowest BCUT2D eigenvalue weighted by molar-refractivity contribution is -0.122. The summed E-state index contributed by atoms with van der Waals surface area (Å²) in [5.74, 6) is 0.214. The van der Waals surface area contributed by atoms with Gasteiger partial charge in [0.05, 0.1) is 6.04 Å². The molecule has 17 heavy (non-hydrogen) atoms. The molecular weight excluding hydrogens is 238 g/mol. The van der Waals surface area contributed by atoms with Gasteiger partial charge in [0, 0.05) is 18.3 Å². The Kier molecular flexibility index (Phi) is 9.95. The van der Waals surface area contributed by atoms with E-state index in [1.54, 1.807) is 0 Å². The molecule has 2 unspecified atom stereocenters.